The number of carbonyl (C=O) groups excluding carboxylic acids is 4. The molecule has 2 fully saturated rings. The third-order valence-electron chi connectivity index (χ3n) is 4.69. The zero-order valence-corrected chi connectivity index (χ0v) is 13.0. The van der Waals surface area contributed by atoms with Crippen molar-refractivity contribution < 1.29 is 19.2 Å². The smallest absolute Gasteiger partial charge is 0.261 e. The van der Waals surface area contributed by atoms with Crippen LogP contribution in [0.15, 0.2) is 18.2 Å². The van der Waals surface area contributed by atoms with E-state index in [1.54, 1.807) is 12.1 Å². The normalized spacial score (nSPS) is 22.6. The summed E-state index contributed by atoms with van der Waals surface area (Å²) >= 11 is 0. The Bertz CT molecular complexity index is 769. The lowest BCUT2D eigenvalue weighted by Crippen LogP contribution is -2.37. The fraction of sp³-hybridized carbons (Fsp3) is 0.412. The average Bonchev–Trinajstić information content (AvgIpc) is 3.24. The van der Waals surface area contributed by atoms with E-state index >= 15 is 0 Å². The van der Waals surface area contributed by atoms with Gasteiger partial charge in [0.25, 0.3) is 11.8 Å². The highest BCUT2D eigenvalue weighted by Crippen LogP contribution is 2.33. The quantitative estimate of drug-likeness (QED) is 0.804. The van der Waals surface area contributed by atoms with Crippen LogP contribution in [0, 0.1) is 5.92 Å². The molecular formula is C17H17N3O4. The Hall–Kier alpha value is -2.70. The molecule has 7 nitrogen and oxygen atoms in total. The second-order valence-electron chi connectivity index (χ2n) is 6.57. The van der Waals surface area contributed by atoms with Crippen molar-refractivity contribution >= 4 is 29.3 Å². The van der Waals surface area contributed by atoms with Crippen LogP contribution in [-0.4, -0.2) is 41.1 Å². The summed E-state index contributed by atoms with van der Waals surface area (Å²) in [6, 6.07) is 4.18. The summed E-state index contributed by atoms with van der Waals surface area (Å²) in [5.74, 6) is -0.583. The highest BCUT2D eigenvalue weighted by molar-refractivity contribution is 6.22. The van der Waals surface area contributed by atoms with Crippen LogP contribution in [0.2, 0.25) is 0 Å². The maximum Gasteiger partial charge on any atom is 0.261 e. The minimum Gasteiger partial charge on any atom is -0.344 e. The SMILES string of the molecule is O=C1CCC(C(=O)Nc2ccc3c(c2)C(=O)N(CC2CC2)C3=O)N1. The summed E-state index contributed by atoms with van der Waals surface area (Å²) < 4.78 is 0. The largest absolute Gasteiger partial charge is 0.344 e. The fourth-order valence-corrected chi connectivity index (χ4v) is 3.13. The molecule has 7 heteroatoms. The van der Waals surface area contributed by atoms with E-state index in [4.69, 9.17) is 0 Å². The maximum atomic E-state index is 12.4. The molecular weight excluding hydrogens is 310 g/mol. The van der Waals surface area contributed by atoms with Crippen LogP contribution in [0.25, 0.3) is 0 Å². The second-order valence-corrected chi connectivity index (χ2v) is 6.57. The third kappa shape index (κ3) is 2.55. The Kier molecular flexibility index (Phi) is 3.37. The highest BCUT2D eigenvalue weighted by Gasteiger charge is 2.39. The topological polar surface area (TPSA) is 95.6 Å². The molecule has 24 heavy (non-hydrogen) atoms. The molecule has 1 aromatic rings. The van der Waals surface area contributed by atoms with Crippen molar-refractivity contribution in [3.63, 3.8) is 0 Å². The molecule has 1 saturated heterocycles. The van der Waals surface area contributed by atoms with Crippen LogP contribution < -0.4 is 10.6 Å². The zero-order chi connectivity index (χ0) is 16.8. The highest BCUT2D eigenvalue weighted by atomic mass is 16.2. The van der Waals surface area contributed by atoms with Gasteiger partial charge >= 0.3 is 0 Å². The van der Waals surface area contributed by atoms with Gasteiger partial charge in [0.2, 0.25) is 11.8 Å². The number of nitrogens with one attached hydrogen (secondary N) is 2. The lowest BCUT2D eigenvalue weighted by atomic mass is 10.1. The Morgan fingerprint density at radius 1 is 1.12 bits per heavy atom. The molecule has 4 rings (SSSR count). The summed E-state index contributed by atoms with van der Waals surface area (Å²) in [5.41, 5.74) is 1.16. The average molecular weight is 327 g/mol. The molecule has 2 heterocycles. The fourth-order valence-electron chi connectivity index (χ4n) is 3.13. The number of imide groups is 1. The molecule has 0 bridgehead atoms. The number of hydrogen-bond donors (Lipinski definition) is 2. The van der Waals surface area contributed by atoms with Gasteiger partial charge in [0.1, 0.15) is 6.04 Å². The minimum absolute atomic E-state index is 0.138. The van der Waals surface area contributed by atoms with E-state index in [-0.39, 0.29) is 23.6 Å². The summed E-state index contributed by atoms with van der Waals surface area (Å²) in [6.07, 6.45) is 2.91. The first-order chi connectivity index (χ1) is 11.5. The number of fused-ring (bicyclic) bond motifs is 1. The summed E-state index contributed by atoms with van der Waals surface area (Å²) in [6.45, 7) is 0.474. The monoisotopic (exact) mass is 327 g/mol. The van der Waals surface area contributed by atoms with Crippen molar-refractivity contribution in [3.8, 4) is 0 Å². The van der Waals surface area contributed by atoms with Crippen molar-refractivity contribution in [1.82, 2.24) is 10.2 Å². The number of benzene rings is 1. The number of hydrogen-bond acceptors (Lipinski definition) is 4. The van der Waals surface area contributed by atoms with Gasteiger partial charge < -0.3 is 10.6 Å². The maximum absolute atomic E-state index is 12.4. The lowest BCUT2D eigenvalue weighted by Gasteiger charge is -2.12. The molecule has 1 aliphatic carbocycles. The van der Waals surface area contributed by atoms with Crippen LogP contribution >= 0.6 is 0 Å². The molecule has 1 saturated carbocycles. The van der Waals surface area contributed by atoms with Gasteiger partial charge in [0, 0.05) is 18.7 Å². The van der Waals surface area contributed by atoms with E-state index in [0.717, 1.165) is 12.8 Å². The molecule has 4 amide bonds. The predicted octanol–water partition coefficient (Wildman–Crippen LogP) is 0.910. The first-order valence-electron chi connectivity index (χ1n) is 8.13. The third-order valence-corrected chi connectivity index (χ3v) is 4.69. The first kappa shape index (κ1) is 14.9. The summed E-state index contributed by atoms with van der Waals surface area (Å²) in [4.78, 5) is 49.4. The van der Waals surface area contributed by atoms with E-state index in [0.29, 0.717) is 42.1 Å². The minimum atomic E-state index is -0.547. The van der Waals surface area contributed by atoms with Gasteiger partial charge in [-0.1, -0.05) is 0 Å². The molecule has 0 spiro atoms. The number of nitrogens with zero attached hydrogens (tertiary/aromatic N) is 1. The van der Waals surface area contributed by atoms with Gasteiger partial charge in [-0.05, 0) is 43.4 Å². The van der Waals surface area contributed by atoms with E-state index in [1.165, 1.54) is 11.0 Å². The van der Waals surface area contributed by atoms with Crippen LogP contribution in [0.1, 0.15) is 46.4 Å². The molecule has 0 aromatic heterocycles. The van der Waals surface area contributed by atoms with Crippen molar-refractivity contribution in [3.05, 3.63) is 29.3 Å². The van der Waals surface area contributed by atoms with Crippen LogP contribution in [0.3, 0.4) is 0 Å². The van der Waals surface area contributed by atoms with Gasteiger partial charge in [-0.15, -0.1) is 0 Å². The molecule has 1 aromatic carbocycles. The Morgan fingerprint density at radius 3 is 2.54 bits per heavy atom. The molecule has 2 aliphatic heterocycles. The van der Waals surface area contributed by atoms with Crippen LogP contribution in [0.5, 0.6) is 0 Å². The van der Waals surface area contributed by atoms with Gasteiger partial charge in [0.15, 0.2) is 0 Å². The van der Waals surface area contributed by atoms with Gasteiger partial charge in [-0.3, -0.25) is 24.1 Å². The van der Waals surface area contributed by atoms with Gasteiger partial charge in [0.05, 0.1) is 11.1 Å². The Balaban J connectivity index is 1.51. The van der Waals surface area contributed by atoms with Crippen molar-refractivity contribution in [2.24, 2.45) is 5.92 Å². The van der Waals surface area contributed by atoms with Gasteiger partial charge in [-0.25, -0.2) is 0 Å². The first-order valence-corrected chi connectivity index (χ1v) is 8.13. The number of carbonyl (C=O) groups is 4. The van der Waals surface area contributed by atoms with Crippen molar-refractivity contribution in [2.45, 2.75) is 31.7 Å². The van der Waals surface area contributed by atoms with E-state index in [2.05, 4.69) is 10.6 Å². The van der Waals surface area contributed by atoms with Crippen molar-refractivity contribution in [2.75, 3.05) is 11.9 Å². The van der Waals surface area contributed by atoms with Crippen LogP contribution in [-0.2, 0) is 9.59 Å². The predicted molar refractivity (Wildman–Crippen MR) is 84.3 cm³/mol. The number of anilines is 1. The molecule has 124 valence electrons. The van der Waals surface area contributed by atoms with Crippen LogP contribution in [0.4, 0.5) is 5.69 Å². The Labute approximate surface area is 138 Å². The summed E-state index contributed by atoms with van der Waals surface area (Å²) in [5, 5.41) is 5.30. The van der Waals surface area contributed by atoms with Crippen molar-refractivity contribution in [1.29, 1.82) is 0 Å². The number of amides is 4. The standard InChI is InChI=1S/C17H17N3O4/c21-14-6-5-13(19-14)15(22)18-10-3-4-11-12(7-10)17(24)20(16(11)23)8-9-1-2-9/h3-4,7,9,13H,1-2,5-6,8H2,(H,18,22)(H,19,21). The Morgan fingerprint density at radius 2 is 1.88 bits per heavy atom. The molecule has 1 atom stereocenters. The zero-order valence-electron chi connectivity index (χ0n) is 13.0. The second kappa shape index (κ2) is 5.43. The molecule has 3 aliphatic rings. The van der Waals surface area contributed by atoms with E-state index < -0.39 is 6.04 Å². The van der Waals surface area contributed by atoms with E-state index in [1.807, 2.05) is 0 Å². The molecule has 2 N–H and O–H groups in total. The molecule has 0 radical (unpaired) electrons. The lowest BCUT2D eigenvalue weighted by molar-refractivity contribution is -0.122. The van der Waals surface area contributed by atoms with Gasteiger partial charge in [-0.2, -0.15) is 0 Å². The molecule has 1 unspecified atom stereocenters. The summed E-state index contributed by atoms with van der Waals surface area (Å²) in [7, 11) is 0. The number of rotatable bonds is 4. The van der Waals surface area contributed by atoms with E-state index in [9.17, 15) is 19.2 Å².